The van der Waals surface area contributed by atoms with Gasteiger partial charge in [0.05, 0.1) is 11.4 Å². The van der Waals surface area contributed by atoms with Gasteiger partial charge in [0.1, 0.15) is 4.32 Å². The number of nitrogens with zero attached hydrogens (tertiary/aromatic N) is 3. The summed E-state index contributed by atoms with van der Waals surface area (Å²) in [6, 6.07) is 21.7. The molecule has 1 aliphatic heterocycles. The van der Waals surface area contributed by atoms with Gasteiger partial charge < -0.3 is 4.74 Å². The van der Waals surface area contributed by atoms with Gasteiger partial charge in [-0.1, -0.05) is 72.5 Å². The van der Waals surface area contributed by atoms with Gasteiger partial charge in [-0.05, 0) is 12.1 Å². The van der Waals surface area contributed by atoms with Crippen LogP contribution in [0.3, 0.4) is 0 Å². The van der Waals surface area contributed by atoms with Gasteiger partial charge in [0.25, 0.3) is 5.91 Å². The average molecular weight is 396 g/mol. The largest absolute Gasteiger partial charge is 0.466 e. The second-order valence-corrected chi connectivity index (χ2v) is 7.66. The molecule has 1 aliphatic rings. The van der Waals surface area contributed by atoms with Gasteiger partial charge in [0, 0.05) is 23.9 Å². The maximum Gasteiger partial charge on any atom is 0.266 e. The lowest BCUT2D eigenvalue weighted by Crippen LogP contribution is -2.34. The van der Waals surface area contributed by atoms with E-state index in [1.54, 1.807) is 4.90 Å². The van der Waals surface area contributed by atoms with Crippen LogP contribution < -0.4 is 4.74 Å². The Morgan fingerprint density at radius 2 is 1.81 bits per heavy atom. The van der Waals surface area contributed by atoms with E-state index in [2.05, 4.69) is 5.10 Å². The molecule has 0 N–H and O–H groups in total. The summed E-state index contributed by atoms with van der Waals surface area (Å²) in [5, 5.41) is 4.56. The van der Waals surface area contributed by atoms with Gasteiger partial charge in [0.15, 0.2) is 6.61 Å². The molecule has 0 bridgehead atoms. The van der Waals surface area contributed by atoms with Gasteiger partial charge in [-0.3, -0.25) is 9.69 Å². The molecule has 7 heteroatoms. The first-order valence-electron chi connectivity index (χ1n) is 8.53. The van der Waals surface area contributed by atoms with Gasteiger partial charge in [0.2, 0.25) is 5.88 Å². The predicted molar refractivity (Wildman–Crippen MR) is 111 cm³/mol. The summed E-state index contributed by atoms with van der Waals surface area (Å²) in [5.74, 6) is 1.11. The van der Waals surface area contributed by atoms with Crippen molar-refractivity contribution < 1.29 is 9.53 Å². The summed E-state index contributed by atoms with van der Waals surface area (Å²) in [6.45, 7) is 0.556. The Morgan fingerprint density at radius 1 is 1.11 bits per heavy atom. The van der Waals surface area contributed by atoms with E-state index < -0.39 is 0 Å². The van der Waals surface area contributed by atoms with Gasteiger partial charge in [-0.15, -0.1) is 5.10 Å². The van der Waals surface area contributed by atoms with Crippen LogP contribution in [0.4, 0.5) is 0 Å². The zero-order chi connectivity index (χ0) is 18.6. The molecule has 1 amide bonds. The molecule has 136 valence electrons. The molecular weight excluding hydrogens is 378 g/mol. The minimum absolute atomic E-state index is 0.0826. The highest BCUT2D eigenvalue weighted by Gasteiger charge is 2.24. The first-order valence-corrected chi connectivity index (χ1v) is 9.92. The minimum Gasteiger partial charge on any atom is -0.466 e. The van der Waals surface area contributed by atoms with E-state index in [9.17, 15) is 4.79 Å². The zero-order valence-corrected chi connectivity index (χ0v) is 16.1. The van der Waals surface area contributed by atoms with Crippen molar-refractivity contribution in [3.63, 3.8) is 0 Å². The Hall–Kier alpha value is -2.64. The number of carbonyl (C=O) groups is 1. The fourth-order valence-electron chi connectivity index (χ4n) is 2.84. The lowest BCUT2D eigenvalue weighted by molar-refractivity contribution is -0.129. The van der Waals surface area contributed by atoms with Crippen LogP contribution in [0.2, 0.25) is 0 Å². The molecular formula is C20H17N3O2S2. The van der Waals surface area contributed by atoms with Gasteiger partial charge in [-0.25, -0.2) is 4.68 Å². The summed E-state index contributed by atoms with van der Waals surface area (Å²) in [7, 11) is 0. The summed E-state index contributed by atoms with van der Waals surface area (Å²) < 4.78 is 8.14. The molecule has 1 fully saturated rings. The summed E-state index contributed by atoms with van der Waals surface area (Å²) in [4.78, 5) is 13.9. The lowest BCUT2D eigenvalue weighted by atomic mass is 10.1. The minimum atomic E-state index is -0.138. The summed E-state index contributed by atoms with van der Waals surface area (Å²) in [6.07, 6.45) is 0. The van der Waals surface area contributed by atoms with Crippen LogP contribution in [0.25, 0.3) is 16.9 Å². The molecule has 0 aliphatic carbocycles. The Bertz CT molecular complexity index is 901. The smallest absolute Gasteiger partial charge is 0.266 e. The molecule has 0 saturated carbocycles. The number of hydrogen-bond donors (Lipinski definition) is 0. The van der Waals surface area contributed by atoms with E-state index in [1.807, 2.05) is 71.4 Å². The maximum atomic E-state index is 12.3. The van der Waals surface area contributed by atoms with E-state index in [0.717, 1.165) is 22.7 Å². The predicted octanol–water partition coefficient (Wildman–Crippen LogP) is 3.78. The van der Waals surface area contributed by atoms with E-state index >= 15 is 0 Å². The molecule has 2 heterocycles. The number of carbonyl (C=O) groups excluding carboxylic acids is 1. The molecule has 1 saturated heterocycles. The van der Waals surface area contributed by atoms with Crippen molar-refractivity contribution in [2.45, 2.75) is 0 Å². The summed E-state index contributed by atoms with van der Waals surface area (Å²) >= 11 is 6.71. The molecule has 4 rings (SSSR count). The third-order valence-corrected chi connectivity index (χ3v) is 5.59. The van der Waals surface area contributed by atoms with Crippen molar-refractivity contribution in [1.82, 2.24) is 14.7 Å². The molecule has 0 radical (unpaired) electrons. The van der Waals surface area contributed by atoms with Crippen LogP contribution in [0.15, 0.2) is 66.7 Å². The van der Waals surface area contributed by atoms with E-state index in [0.29, 0.717) is 16.7 Å². The molecule has 2 aromatic carbocycles. The third-order valence-electron chi connectivity index (χ3n) is 4.16. The number of thiocarbonyl (C=S) groups is 1. The number of para-hydroxylation sites is 1. The topological polar surface area (TPSA) is 47.4 Å². The summed E-state index contributed by atoms with van der Waals surface area (Å²) in [5.41, 5.74) is 2.85. The average Bonchev–Trinajstić information content (AvgIpc) is 3.34. The monoisotopic (exact) mass is 395 g/mol. The number of thioether (sulfide) groups is 1. The Morgan fingerprint density at radius 3 is 2.48 bits per heavy atom. The molecule has 1 aromatic heterocycles. The van der Waals surface area contributed by atoms with E-state index in [4.69, 9.17) is 17.0 Å². The van der Waals surface area contributed by atoms with Gasteiger partial charge in [-0.2, -0.15) is 0 Å². The van der Waals surface area contributed by atoms with Gasteiger partial charge >= 0.3 is 0 Å². The van der Waals surface area contributed by atoms with Crippen molar-refractivity contribution in [2.24, 2.45) is 0 Å². The molecule has 0 atom stereocenters. The van der Waals surface area contributed by atoms with Crippen LogP contribution in [-0.4, -0.2) is 43.8 Å². The Kier molecular flexibility index (Phi) is 5.22. The number of rotatable bonds is 5. The first kappa shape index (κ1) is 17.8. The SMILES string of the molecule is O=C(COc1cc(-c2ccccc2)n(-c2ccccc2)n1)N1CCSC1=S. The molecule has 27 heavy (non-hydrogen) atoms. The quantitative estimate of drug-likeness (QED) is 0.616. The maximum absolute atomic E-state index is 12.3. The van der Waals surface area contributed by atoms with Crippen molar-refractivity contribution >= 4 is 34.2 Å². The highest BCUT2D eigenvalue weighted by Crippen LogP contribution is 2.27. The Labute approximate surface area is 166 Å². The van der Waals surface area contributed by atoms with Crippen LogP contribution in [0.1, 0.15) is 0 Å². The fourth-order valence-corrected chi connectivity index (χ4v) is 4.08. The number of aromatic nitrogens is 2. The lowest BCUT2D eigenvalue weighted by Gasteiger charge is -2.14. The normalized spacial score (nSPS) is 13.8. The van der Waals surface area contributed by atoms with Crippen molar-refractivity contribution in [3.8, 4) is 22.8 Å². The van der Waals surface area contributed by atoms with Crippen LogP contribution in [-0.2, 0) is 4.79 Å². The highest BCUT2D eigenvalue weighted by atomic mass is 32.2. The van der Waals surface area contributed by atoms with E-state index in [1.165, 1.54) is 11.8 Å². The van der Waals surface area contributed by atoms with Crippen molar-refractivity contribution in [2.75, 3.05) is 18.9 Å². The van der Waals surface area contributed by atoms with Crippen molar-refractivity contribution in [3.05, 3.63) is 66.7 Å². The molecule has 3 aromatic rings. The first-order chi connectivity index (χ1) is 13.2. The number of benzene rings is 2. The number of amides is 1. The van der Waals surface area contributed by atoms with Crippen LogP contribution >= 0.6 is 24.0 Å². The number of ether oxygens (including phenoxy) is 1. The second kappa shape index (κ2) is 7.94. The molecule has 0 unspecified atom stereocenters. The van der Waals surface area contributed by atoms with Crippen molar-refractivity contribution in [1.29, 1.82) is 0 Å². The molecule has 0 spiro atoms. The molecule has 5 nitrogen and oxygen atoms in total. The standard InChI is InChI=1S/C20H17N3O2S2/c24-19(22-11-12-27-20(22)26)14-25-18-13-17(15-7-3-1-4-8-15)23(21-18)16-9-5-2-6-10-16/h1-10,13H,11-12,14H2. The third kappa shape index (κ3) is 3.89. The fraction of sp³-hybridized carbons (Fsp3) is 0.150. The zero-order valence-electron chi connectivity index (χ0n) is 14.4. The van der Waals surface area contributed by atoms with E-state index in [-0.39, 0.29) is 12.5 Å². The second-order valence-electron chi connectivity index (χ2n) is 5.93. The Balaban J connectivity index is 1.60. The number of hydrogen-bond acceptors (Lipinski definition) is 5. The highest BCUT2D eigenvalue weighted by molar-refractivity contribution is 8.23. The van der Waals surface area contributed by atoms with Crippen LogP contribution in [0.5, 0.6) is 5.88 Å². The van der Waals surface area contributed by atoms with Crippen LogP contribution in [0, 0.1) is 0 Å².